The Kier molecular flexibility index (Phi) is 4.91. The lowest BCUT2D eigenvalue weighted by atomic mass is 10.1. The lowest BCUT2D eigenvalue weighted by Crippen LogP contribution is -2.17. The number of aliphatic hydroxyl groups is 1. The van der Waals surface area contributed by atoms with Crippen LogP contribution in [0, 0.1) is 5.82 Å². The van der Waals surface area contributed by atoms with Crippen LogP contribution in [0.25, 0.3) is 0 Å². The summed E-state index contributed by atoms with van der Waals surface area (Å²) in [5.74, 6) is -1.48. The van der Waals surface area contributed by atoms with Gasteiger partial charge in [-0.05, 0) is 6.92 Å². The van der Waals surface area contributed by atoms with Gasteiger partial charge in [0, 0.05) is 12.1 Å². The van der Waals surface area contributed by atoms with E-state index >= 15 is 0 Å². The number of hydrogen-bond donors (Lipinski definition) is 1. The summed E-state index contributed by atoms with van der Waals surface area (Å²) in [5.41, 5.74) is -0.267. The zero-order chi connectivity index (χ0) is 13.7. The standard InChI is InChI=1S/C12H15FO5/c1-4-18-12(15)11(14)10-8(13)5-7(16-2)6-9(10)17-3/h5-6,11,14H,4H2,1-3H3. The van der Waals surface area contributed by atoms with Gasteiger partial charge in [-0.1, -0.05) is 0 Å². The van der Waals surface area contributed by atoms with Crippen LogP contribution in [0.1, 0.15) is 18.6 Å². The van der Waals surface area contributed by atoms with Gasteiger partial charge in [0.1, 0.15) is 17.3 Å². The Hall–Kier alpha value is -1.82. The van der Waals surface area contributed by atoms with Crippen molar-refractivity contribution in [3.8, 4) is 11.5 Å². The molecule has 6 heteroatoms. The Morgan fingerprint density at radius 3 is 2.56 bits per heavy atom. The summed E-state index contributed by atoms with van der Waals surface area (Å²) in [5, 5.41) is 9.74. The quantitative estimate of drug-likeness (QED) is 0.809. The number of halogens is 1. The Morgan fingerprint density at radius 2 is 2.06 bits per heavy atom. The number of aliphatic hydroxyl groups excluding tert-OH is 1. The molecule has 1 aromatic rings. The fourth-order valence-corrected chi connectivity index (χ4v) is 1.46. The van der Waals surface area contributed by atoms with Crippen molar-refractivity contribution in [3.05, 3.63) is 23.5 Å². The predicted molar refractivity (Wildman–Crippen MR) is 61.1 cm³/mol. The van der Waals surface area contributed by atoms with Gasteiger partial charge in [-0.3, -0.25) is 0 Å². The fourth-order valence-electron chi connectivity index (χ4n) is 1.46. The molecule has 1 N–H and O–H groups in total. The van der Waals surface area contributed by atoms with Crippen molar-refractivity contribution in [1.82, 2.24) is 0 Å². The maximum atomic E-state index is 13.8. The van der Waals surface area contributed by atoms with Crippen LogP contribution < -0.4 is 9.47 Å². The number of benzene rings is 1. The summed E-state index contributed by atoms with van der Waals surface area (Å²) in [6.45, 7) is 1.68. The monoisotopic (exact) mass is 258 g/mol. The van der Waals surface area contributed by atoms with E-state index in [1.165, 1.54) is 20.3 Å². The van der Waals surface area contributed by atoms with E-state index in [0.717, 1.165) is 6.07 Å². The minimum atomic E-state index is -1.73. The molecule has 1 aromatic carbocycles. The molecule has 18 heavy (non-hydrogen) atoms. The molecule has 0 aliphatic heterocycles. The molecule has 0 saturated heterocycles. The molecular weight excluding hydrogens is 243 g/mol. The van der Waals surface area contributed by atoms with Crippen molar-refractivity contribution in [1.29, 1.82) is 0 Å². The SMILES string of the molecule is CCOC(=O)C(O)c1c(F)cc(OC)cc1OC. The van der Waals surface area contributed by atoms with Gasteiger partial charge in [0.05, 0.1) is 26.4 Å². The predicted octanol–water partition coefficient (Wildman–Crippen LogP) is 1.44. The minimum Gasteiger partial charge on any atom is -0.497 e. The number of carbonyl (C=O) groups excluding carboxylic acids is 1. The van der Waals surface area contributed by atoms with Gasteiger partial charge < -0.3 is 19.3 Å². The molecule has 0 saturated carbocycles. The minimum absolute atomic E-state index is 0.0207. The van der Waals surface area contributed by atoms with Gasteiger partial charge in [0.25, 0.3) is 0 Å². The topological polar surface area (TPSA) is 65.0 Å². The van der Waals surface area contributed by atoms with Gasteiger partial charge in [-0.2, -0.15) is 0 Å². The van der Waals surface area contributed by atoms with Crippen LogP contribution in [0.2, 0.25) is 0 Å². The molecule has 0 heterocycles. The van der Waals surface area contributed by atoms with E-state index in [2.05, 4.69) is 4.74 Å². The van der Waals surface area contributed by atoms with Crippen LogP contribution in [0.3, 0.4) is 0 Å². The molecular formula is C12H15FO5. The Morgan fingerprint density at radius 1 is 1.39 bits per heavy atom. The molecule has 0 bridgehead atoms. The first-order valence-electron chi connectivity index (χ1n) is 5.31. The lowest BCUT2D eigenvalue weighted by molar-refractivity contribution is -0.153. The van der Waals surface area contributed by atoms with E-state index in [9.17, 15) is 14.3 Å². The zero-order valence-corrected chi connectivity index (χ0v) is 10.4. The highest BCUT2D eigenvalue weighted by molar-refractivity contribution is 5.77. The first-order valence-corrected chi connectivity index (χ1v) is 5.31. The molecule has 0 spiro atoms. The van der Waals surface area contributed by atoms with Crippen LogP contribution in [-0.4, -0.2) is 31.9 Å². The average molecular weight is 258 g/mol. The van der Waals surface area contributed by atoms with Crippen molar-refractivity contribution in [2.45, 2.75) is 13.0 Å². The highest BCUT2D eigenvalue weighted by Crippen LogP contribution is 2.32. The van der Waals surface area contributed by atoms with Crippen molar-refractivity contribution in [3.63, 3.8) is 0 Å². The van der Waals surface area contributed by atoms with Gasteiger partial charge in [0.2, 0.25) is 0 Å². The molecule has 0 radical (unpaired) electrons. The molecule has 0 amide bonds. The van der Waals surface area contributed by atoms with Crippen molar-refractivity contribution in [2.24, 2.45) is 0 Å². The summed E-state index contributed by atoms with van der Waals surface area (Å²) in [7, 11) is 2.67. The third kappa shape index (κ3) is 2.89. The van der Waals surface area contributed by atoms with E-state index in [4.69, 9.17) is 9.47 Å². The van der Waals surface area contributed by atoms with E-state index in [-0.39, 0.29) is 23.7 Å². The maximum Gasteiger partial charge on any atom is 0.339 e. The van der Waals surface area contributed by atoms with E-state index in [1.807, 2.05) is 0 Å². The Balaban J connectivity index is 3.18. The molecule has 0 aliphatic rings. The Bertz CT molecular complexity index is 433. The molecule has 0 fully saturated rings. The molecule has 100 valence electrons. The summed E-state index contributed by atoms with van der Waals surface area (Å²) in [4.78, 5) is 11.4. The van der Waals surface area contributed by atoms with Gasteiger partial charge in [-0.15, -0.1) is 0 Å². The number of rotatable bonds is 5. The first-order chi connectivity index (χ1) is 8.54. The number of carbonyl (C=O) groups is 1. The second-order valence-electron chi connectivity index (χ2n) is 3.38. The molecule has 0 aromatic heterocycles. The highest BCUT2D eigenvalue weighted by atomic mass is 19.1. The van der Waals surface area contributed by atoms with Crippen LogP contribution >= 0.6 is 0 Å². The van der Waals surface area contributed by atoms with E-state index < -0.39 is 17.9 Å². The fraction of sp³-hybridized carbons (Fsp3) is 0.417. The van der Waals surface area contributed by atoms with E-state index in [0.29, 0.717) is 0 Å². The molecule has 0 aliphatic carbocycles. The van der Waals surface area contributed by atoms with Crippen LogP contribution in [-0.2, 0) is 9.53 Å². The highest BCUT2D eigenvalue weighted by Gasteiger charge is 2.27. The van der Waals surface area contributed by atoms with Gasteiger partial charge in [0.15, 0.2) is 6.10 Å². The number of ether oxygens (including phenoxy) is 3. The Labute approximate surface area is 104 Å². The first kappa shape index (κ1) is 14.2. The maximum absolute atomic E-state index is 13.8. The molecule has 1 atom stereocenters. The van der Waals surface area contributed by atoms with Crippen LogP contribution in [0.4, 0.5) is 4.39 Å². The second-order valence-corrected chi connectivity index (χ2v) is 3.38. The lowest BCUT2D eigenvalue weighted by Gasteiger charge is -2.15. The summed E-state index contributed by atoms with van der Waals surface area (Å²) in [6, 6.07) is 2.43. The molecule has 1 rings (SSSR count). The molecule has 5 nitrogen and oxygen atoms in total. The van der Waals surface area contributed by atoms with Crippen LogP contribution in [0.5, 0.6) is 11.5 Å². The second kappa shape index (κ2) is 6.20. The third-order valence-electron chi connectivity index (χ3n) is 2.30. The summed E-state index contributed by atoms with van der Waals surface area (Å²) in [6.07, 6.45) is -1.73. The van der Waals surface area contributed by atoms with Crippen molar-refractivity contribution < 1.29 is 28.5 Å². The van der Waals surface area contributed by atoms with Crippen LogP contribution in [0.15, 0.2) is 12.1 Å². The van der Waals surface area contributed by atoms with Gasteiger partial charge in [-0.25, -0.2) is 9.18 Å². The third-order valence-corrected chi connectivity index (χ3v) is 2.30. The van der Waals surface area contributed by atoms with E-state index in [1.54, 1.807) is 6.92 Å². The smallest absolute Gasteiger partial charge is 0.339 e. The van der Waals surface area contributed by atoms with Crippen molar-refractivity contribution in [2.75, 3.05) is 20.8 Å². The zero-order valence-electron chi connectivity index (χ0n) is 10.4. The number of esters is 1. The number of hydrogen-bond acceptors (Lipinski definition) is 5. The average Bonchev–Trinajstić information content (AvgIpc) is 2.37. The summed E-state index contributed by atoms with van der Waals surface area (Å²) >= 11 is 0. The molecule has 1 unspecified atom stereocenters. The van der Waals surface area contributed by atoms with Gasteiger partial charge >= 0.3 is 5.97 Å². The largest absolute Gasteiger partial charge is 0.497 e. The number of methoxy groups -OCH3 is 2. The normalized spacial score (nSPS) is 11.8. The van der Waals surface area contributed by atoms with Crippen molar-refractivity contribution >= 4 is 5.97 Å². The summed E-state index contributed by atoms with van der Waals surface area (Å²) < 4.78 is 28.2.